The molecule has 0 radical (unpaired) electrons. The lowest BCUT2D eigenvalue weighted by Crippen LogP contribution is -2.32. The second-order valence-corrected chi connectivity index (χ2v) is 6.61. The predicted octanol–water partition coefficient (Wildman–Crippen LogP) is 3.85. The van der Waals surface area contributed by atoms with Gasteiger partial charge in [0.1, 0.15) is 11.3 Å². The molecule has 3 aromatic rings. The van der Waals surface area contributed by atoms with Gasteiger partial charge in [-0.25, -0.2) is 0 Å². The zero-order valence-electron chi connectivity index (χ0n) is 16.2. The van der Waals surface area contributed by atoms with Crippen molar-refractivity contribution in [3.63, 3.8) is 0 Å². The van der Waals surface area contributed by atoms with Crippen molar-refractivity contribution in [1.82, 2.24) is 15.3 Å². The third kappa shape index (κ3) is 3.50. The lowest BCUT2D eigenvalue weighted by atomic mass is 9.78. The first kappa shape index (κ1) is 18.8. The SMILES string of the molecule is CCC(C(=O)NC)C(c1cccnc1)c1cc(C)c2cccnc2c1OC. The second-order valence-electron chi connectivity index (χ2n) is 6.61. The fourth-order valence-electron chi connectivity index (χ4n) is 3.81. The molecule has 0 bridgehead atoms. The molecule has 5 nitrogen and oxygen atoms in total. The normalized spacial score (nSPS) is 13.2. The number of fused-ring (bicyclic) bond motifs is 1. The van der Waals surface area contributed by atoms with Gasteiger partial charge in [0.05, 0.1) is 7.11 Å². The van der Waals surface area contributed by atoms with E-state index < -0.39 is 0 Å². The van der Waals surface area contributed by atoms with Crippen LogP contribution < -0.4 is 10.1 Å². The van der Waals surface area contributed by atoms with Gasteiger partial charge in [-0.15, -0.1) is 0 Å². The van der Waals surface area contributed by atoms with E-state index in [0.29, 0.717) is 12.2 Å². The van der Waals surface area contributed by atoms with Gasteiger partial charge in [-0.1, -0.05) is 25.1 Å². The number of aromatic nitrogens is 2. The number of aryl methyl sites for hydroxylation is 1. The molecule has 0 saturated heterocycles. The van der Waals surface area contributed by atoms with Crippen LogP contribution in [0.2, 0.25) is 0 Å². The monoisotopic (exact) mass is 363 g/mol. The maximum Gasteiger partial charge on any atom is 0.223 e. The molecule has 2 aromatic heterocycles. The summed E-state index contributed by atoms with van der Waals surface area (Å²) in [6.45, 7) is 4.09. The number of pyridine rings is 2. The molecule has 1 N–H and O–H groups in total. The highest BCUT2D eigenvalue weighted by Gasteiger charge is 2.32. The van der Waals surface area contributed by atoms with E-state index in [2.05, 4.69) is 28.3 Å². The Kier molecular flexibility index (Phi) is 5.69. The highest BCUT2D eigenvalue weighted by molar-refractivity contribution is 5.90. The lowest BCUT2D eigenvalue weighted by molar-refractivity contribution is -0.125. The fourth-order valence-corrected chi connectivity index (χ4v) is 3.81. The molecule has 2 heterocycles. The summed E-state index contributed by atoms with van der Waals surface area (Å²) in [6, 6.07) is 10.00. The van der Waals surface area contributed by atoms with Gasteiger partial charge in [0.2, 0.25) is 5.91 Å². The van der Waals surface area contributed by atoms with E-state index in [0.717, 1.165) is 27.6 Å². The molecule has 140 valence electrons. The van der Waals surface area contributed by atoms with Crippen molar-refractivity contribution in [2.45, 2.75) is 26.2 Å². The molecule has 0 fully saturated rings. The third-order valence-corrected chi connectivity index (χ3v) is 5.09. The van der Waals surface area contributed by atoms with Gasteiger partial charge in [-0.3, -0.25) is 14.8 Å². The van der Waals surface area contributed by atoms with Crippen molar-refractivity contribution in [3.8, 4) is 5.75 Å². The van der Waals surface area contributed by atoms with Gasteiger partial charge in [-0.2, -0.15) is 0 Å². The number of carbonyl (C=O) groups excluding carboxylic acids is 1. The van der Waals surface area contributed by atoms with E-state index in [-0.39, 0.29) is 17.7 Å². The number of nitrogens with zero attached hydrogens (tertiary/aromatic N) is 2. The van der Waals surface area contributed by atoms with Gasteiger partial charge >= 0.3 is 0 Å². The molecule has 1 amide bonds. The molecule has 5 heteroatoms. The fraction of sp³-hybridized carbons (Fsp3) is 0.318. The highest BCUT2D eigenvalue weighted by Crippen LogP contribution is 2.42. The van der Waals surface area contributed by atoms with Crippen LogP contribution >= 0.6 is 0 Å². The van der Waals surface area contributed by atoms with Crippen LogP contribution in [0.1, 0.15) is 36.0 Å². The Balaban J connectivity index is 2.31. The molecule has 27 heavy (non-hydrogen) atoms. The first-order valence-corrected chi connectivity index (χ1v) is 9.16. The number of hydrogen-bond donors (Lipinski definition) is 1. The van der Waals surface area contributed by atoms with E-state index in [1.54, 1.807) is 26.6 Å². The maximum absolute atomic E-state index is 12.7. The zero-order valence-corrected chi connectivity index (χ0v) is 16.2. The van der Waals surface area contributed by atoms with Crippen molar-refractivity contribution in [2.24, 2.45) is 5.92 Å². The summed E-state index contributed by atoms with van der Waals surface area (Å²) in [5.41, 5.74) is 3.87. The van der Waals surface area contributed by atoms with Crippen molar-refractivity contribution in [1.29, 1.82) is 0 Å². The number of benzene rings is 1. The summed E-state index contributed by atoms with van der Waals surface area (Å²) in [5.74, 6) is 0.303. The summed E-state index contributed by atoms with van der Waals surface area (Å²) >= 11 is 0. The van der Waals surface area contributed by atoms with Crippen molar-refractivity contribution in [2.75, 3.05) is 14.2 Å². The number of ether oxygens (including phenoxy) is 1. The molecular weight excluding hydrogens is 338 g/mol. The molecular formula is C22H25N3O2. The number of carbonyl (C=O) groups is 1. The number of methoxy groups -OCH3 is 1. The number of hydrogen-bond acceptors (Lipinski definition) is 4. The Morgan fingerprint density at radius 2 is 2.04 bits per heavy atom. The summed E-state index contributed by atoms with van der Waals surface area (Å²) < 4.78 is 5.81. The van der Waals surface area contributed by atoms with E-state index >= 15 is 0 Å². The summed E-state index contributed by atoms with van der Waals surface area (Å²) in [5, 5.41) is 3.86. The Morgan fingerprint density at radius 1 is 1.26 bits per heavy atom. The van der Waals surface area contributed by atoms with Gasteiger partial charge < -0.3 is 10.1 Å². The Labute approximate surface area is 159 Å². The quantitative estimate of drug-likeness (QED) is 0.722. The molecule has 0 aliphatic heterocycles. The number of rotatable bonds is 6. The van der Waals surface area contributed by atoms with E-state index in [1.807, 2.05) is 37.4 Å². The van der Waals surface area contributed by atoms with Crippen LogP contribution in [-0.2, 0) is 4.79 Å². The van der Waals surface area contributed by atoms with Gasteiger partial charge in [0, 0.05) is 48.4 Å². The largest absolute Gasteiger partial charge is 0.494 e. The standard InChI is InChI=1S/C22H25N3O2/c1-5-16(22(26)23-3)19(15-8-6-10-24-13-15)18-12-14(2)17-9-7-11-25-20(17)21(18)27-4/h6-13,16,19H,5H2,1-4H3,(H,23,26). The van der Waals surface area contributed by atoms with E-state index in [1.165, 1.54) is 0 Å². The minimum absolute atomic E-state index is 0.00665. The third-order valence-electron chi connectivity index (χ3n) is 5.09. The Bertz CT molecular complexity index is 941. The van der Waals surface area contributed by atoms with Crippen LogP contribution in [-0.4, -0.2) is 30.0 Å². The van der Waals surface area contributed by atoms with Crippen molar-refractivity contribution in [3.05, 3.63) is 65.6 Å². The minimum atomic E-state index is -0.242. The van der Waals surface area contributed by atoms with Crippen LogP contribution in [0.5, 0.6) is 5.75 Å². The molecule has 0 spiro atoms. The molecule has 0 saturated carbocycles. The summed E-state index contributed by atoms with van der Waals surface area (Å²) in [6.07, 6.45) is 6.03. The summed E-state index contributed by atoms with van der Waals surface area (Å²) in [4.78, 5) is 21.5. The van der Waals surface area contributed by atoms with Crippen LogP contribution in [0.15, 0.2) is 48.9 Å². The van der Waals surface area contributed by atoms with E-state index in [9.17, 15) is 4.79 Å². The van der Waals surface area contributed by atoms with E-state index in [4.69, 9.17) is 4.74 Å². The average molecular weight is 363 g/mol. The lowest BCUT2D eigenvalue weighted by Gasteiger charge is -2.28. The minimum Gasteiger partial charge on any atom is -0.494 e. The molecule has 1 aromatic carbocycles. The maximum atomic E-state index is 12.7. The molecule has 0 aliphatic carbocycles. The summed E-state index contributed by atoms with van der Waals surface area (Å²) in [7, 11) is 3.33. The first-order valence-electron chi connectivity index (χ1n) is 9.16. The predicted molar refractivity (Wildman–Crippen MR) is 107 cm³/mol. The number of amides is 1. The second kappa shape index (κ2) is 8.16. The van der Waals surface area contributed by atoms with Gasteiger partial charge in [0.15, 0.2) is 0 Å². The molecule has 3 rings (SSSR count). The van der Waals surface area contributed by atoms with Crippen LogP contribution in [0.4, 0.5) is 0 Å². The zero-order chi connectivity index (χ0) is 19.4. The Hall–Kier alpha value is -2.95. The van der Waals surface area contributed by atoms with Crippen LogP contribution in [0, 0.1) is 12.8 Å². The van der Waals surface area contributed by atoms with Gasteiger partial charge in [0.25, 0.3) is 0 Å². The average Bonchev–Trinajstić information content (AvgIpc) is 2.72. The first-order chi connectivity index (χ1) is 13.1. The van der Waals surface area contributed by atoms with Crippen molar-refractivity contribution >= 4 is 16.8 Å². The topological polar surface area (TPSA) is 64.1 Å². The number of nitrogens with one attached hydrogen (secondary N) is 1. The van der Waals surface area contributed by atoms with Crippen LogP contribution in [0.25, 0.3) is 10.9 Å². The van der Waals surface area contributed by atoms with Crippen LogP contribution in [0.3, 0.4) is 0 Å². The van der Waals surface area contributed by atoms with Gasteiger partial charge in [-0.05, 0) is 36.6 Å². The Morgan fingerprint density at radius 3 is 2.67 bits per heavy atom. The smallest absolute Gasteiger partial charge is 0.223 e. The highest BCUT2D eigenvalue weighted by atomic mass is 16.5. The molecule has 2 atom stereocenters. The molecule has 0 aliphatic rings. The van der Waals surface area contributed by atoms with Crippen molar-refractivity contribution < 1.29 is 9.53 Å². The molecule has 2 unspecified atom stereocenters.